The number of hydrogen-bond acceptors (Lipinski definition) is 5. The average Bonchev–Trinajstić information content (AvgIpc) is 3.42. The maximum atomic E-state index is 12.8. The Morgan fingerprint density at radius 3 is 2.68 bits per heavy atom. The van der Waals surface area contributed by atoms with Crippen LogP contribution in [0.3, 0.4) is 0 Å². The molecule has 0 saturated heterocycles. The molecule has 31 heavy (non-hydrogen) atoms. The van der Waals surface area contributed by atoms with E-state index in [2.05, 4.69) is 5.32 Å². The SMILES string of the molecule is Cc1ccsc1CCNC(=O)CCS(=O)(=O)c1ccc2c(c1)CC(C)N2C(=O)C1CC1. The molecule has 166 valence electrons. The molecule has 1 unspecified atom stereocenters. The number of fused-ring (bicyclic) bond motifs is 1. The number of nitrogens with one attached hydrogen (secondary N) is 1. The van der Waals surface area contributed by atoms with E-state index in [-0.39, 0.29) is 40.8 Å². The molecule has 1 atom stereocenters. The highest BCUT2D eigenvalue weighted by molar-refractivity contribution is 7.91. The van der Waals surface area contributed by atoms with E-state index in [0.29, 0.717) is 13.0 Å². The minimum Gasteiger partial charge on any atom is -0.356 e. The quantitative estimate of drug-likeness (QED) is 0.655. The lowest BCUT2D eigenvalue weighted by molar-refractivity contribution is -0.121. The Hall–Kier alpha value is -2.19. The van der Waals surface area contributed by atoms with Gasteiger partial charge in [-0.3, -0.25) is 9.59 Å². The largest absolute Gasteiger partial charge is 0.356 e. The smallest absolute Gasteiger partial charge is 0.230 e. The second-order valence-electron chi connectivity index (χ2n) is 8.52. The fourth-order valence-electron chi connectivity index (χ4n) is 4.07. The summed E-state index contributed by atoms with van der Waals surface area (Å²) < 4.78 is 25.6. The Bertz CT molecular complexity index is 1100. The molecule has 2 aromatic rings. The summed E-state index contributed by atoms with van der Waals surface area (Å²) in [7, 11) is -3.57. The van der Waals surface area contributed by atoms with Gasteiger partial charge in [0.15, 0.2) is 9.84 Å². The molecule has 0 spiro atoms. The molecule has 2 aliphatic rings. The lowest BCUT2D eigenvalue weighted by atomic mass is 10.1. The number of anilines is 1. The Kier molecular flexibility index (Phi) is 6.21. The van der Waals surface area contributed by atoms with Crippen LogP contribution in [0.15, 0.2) is 34.5 Å². The van der Waals surface area contributed by atoms with Crippen molar-refractivity contribution in [2.45, 2.75) is 56.9 Å². The summed E-state index contributed by atoms with van der Waals surface area (Å²) in [5.41, 5.74) is 2.92. The number of amides is 2. The van der Waals surface area contributed by atoms with Crippen molar-refractivity contribution in [3.8, 4) is 0 Å². The van der Waals surface area contributed by atoms with Gasteiger partial charge in [0.25, 0.3) is 0 Å². The second kappa shape index (κ2) is 8.74. The number of rotatable bonds is 8. The predicted molar refractivity (Wildman–Crippen MR) is 122 cm³/mol. The zero-order chi connectivity index (χ0) is 22.2. The number of hydrogen-bond donors (Lipinski definition) is 1. The summed E-state index contributed by atoms with van der Waals surface area (Å²) in [4.78, 5) is 28.0. The zero-order valence-electron chi connectivity index (χ0n) is 17.9. The van der Waals surface area contributed by atoms with Crippen molar-refractivity contribution in [1.82, 2.24) is 5.32 Å². The number of aryl methyl sites for hydroxylation is 1. The Balaban J connectivity index is 1.34. The first-order valence-electron chi connectivity index (χ1n) is 10.7. The second-order valence-corrected chi connectivity index (χ2v) is 11.6. The third-order valence-corrected chi connectivity index (χ3v) is 8.83. The van der Waals surface area contributed by atoms with Crippen LogP contribution in [0.25, 0.3) is 0 Å². The molecule has 1 aromatic heterocycles. The molecule has 4 rings (SSSR count). The number of carbonyl (C=O) groups excluding carboxylic acids is 2. The van der Waals surface area contributed by atoms with Gasteiger partial charge in [-0.05, 0) is 80.3 Å². The summed E-state index contributed by atoms with van der Waals surface area (Å²) >= 11 is 1.66. The van der Waals surface area contributed by atoms with Gasteiger partial charge in [0.2, 0.25) is 11.8 Å². The fraction of sp³-hybridized carbons (Fsp3) is 0.478. The Morgan fingerprint density at radius 2 is 2.00 bits per heavy atom. The van der Waals surface area contributed by atoms with Crippen LogP contribution in [0.4, 0.5) is 5.69 Å². The van der Waals surface area contributed by atoms with Gasteiger partial charge in [0.05, 0.1) is 10.6 Å². The Labute approximate surface area is 187 Å². The van der Waals surface area contributed by atoms with E-state index in [1.54, 1.807) is 29.5 Å². The third kappa shape index (κ3) is 4.85. The van der Waals surface area contributed by atoms with Gasteiger partial charge >= 0.3 is 0 Å². The minimum absolute atomic E-state index is 0.0406. The van der Waals surface area contributed by atoms with Crippen LogP contribution in [0.1, 0.15) is 42.2 Å². The van der Waals surface area contributed by atoms with Gasteiger partial charge in [-0.1, -0.05) is 0 Å². The van der Waals surface area contributed by atoms with E-state index in [1.807, 2.05) is 30.2 Å². The van der Waals surface area contributed by atoms with Crippen LogP contribution >= 0.6 is 11.3 Å². The van der Waals surface area contributed by atoms with Crippen molar-refractivity contribution in [2.75, 3.05) is 17.2 Å². The van der Waals surface area contributed by atoms with Crippen LogP contribution in [0.5, 0.6) is 0 Å². The van der Waals surface area contributed by atoms with Crippen LogP contribution in [-0.2, 0) is 32.3 Å². The van der Waals surface area contributed by atoms with E-state index in [1.165, 1.54) is 10.4 Å². The van der Waals surface area contributed by atoms with Crippen LogP contribution in [0, 0.1) is 12.8 Å². The number of nitrogens with zero attached hydrogens (tertiary/aromatic N) is 1. The Morgan fingerprint density at radius 1 is 1.23 bits per heavy atom. The molecule has 1 saturated carbocycles. The standard InChI is InChI=1S/C23H28N2O4S2/c1-15-8-11-30-21(15)7-10-24-22(26)9-12-31(28,29)19-5-6-20-18(14-19)13-16(2)25(20)23(27)17-3-4-17/h5-6,8,11,14,16-17H,3-4,7,9-10,12-13H2,1-2H3,(H,24,26). The van der Waals surface area contributed by atoms with Gasteiger partial charge in [-0.15, -0.1) is 11.3 Å². The molecular weight excluding hydrogens is 432 g/mol. The monoisotopic (exact) mass is 460 g/mol. The predicted octanol–water partition coefficient (Wildman–Crippen LogP) is 3.27. The van der Waals surface area contributed by atoms with Crippen molar-refractivity contribution >= 4 is 38.7 Å². The van der Waals surface area contributed by atoms with E-state index in [4.69, 9.17) is 0 Å². The van der Waals surface area contributed by atoms with Crippen molar-refractivity contribution in [1.29, 1.82) is 0 Å². The average molecular weight is 461 g/mol. The zero-order valence-corrected chi connectivity index (χ0v) is 19.5. The fourth-order valence-corrected chi connectivity index (χ4v) is 6.27. The van der Waals surface area contributed by atoms with Crippen LogP contribution in [-0.4, -0.2) is 38.6 Å². The summed E-state index contributed by atoms with van der Waals surface area (Å²) in [5.74, 6) is -0.209. The number of benzene rings is 1. The number of carbonyl (C=O) groups is 2. The first kappa shape index (κ1) is 22.0. The summed E-state index contributed by atoms with van der Waals surface area (Å²) in [5, 5.41) is 4.84. The molecule has 2 heterocycles. The van der Waals surface area contributed by atoms with E-state index >= 15 is 0 Å². The minimum atomic E-state index is -3.57. The topological polar surface area (TPSA) is 83.6 Å². The number of thiophene rings is 1. The normalized spacial score (nSPS) is 18.1. The molecule has 6 nitrogen and oxygen atoms in total. The van der Waals surface area contributed by atoms with Crippen molar-refractivity contribution < 1.29 is 18.0 Å². The van der Waals surface area contributed by atoms with Gasteiger partial charge < -0.3 is 10.2 Å². The van der Waals surface area contributed by atoms with Gasteiger partial charge in [-0.2, -0.15) is 0 Å². The molecular formula is C23H28N2O4S2. The molecule has 1 N–H and O–H groups in total. The van der Waals surface area contributed by atoms with E-state index in [0.717, 1.165) is 30.5 Å². The third-order valence-electron chi connectivity index (χ3n) is 6.03. The highest BCUT2D eigenvalue weighted by Gasteiger charge is 2.39. The van der Waals surface area contributed by atoms with Gasteiger partial charge in [-0.25, -0.2) is 8.42 Å². The van der Waals surface area contributed by atoms with Crippen molar-refractivity contribution in [2.24, 2.45) is 5.92 Å². The lowest BCUT2D eigenvalue weighted by Gasteiger charge is -2.22. The van der Waals surface area contributed by atoms with Gasteiger partial charge in [0.1, 0.15) is 0 Å². The summed E-state index contributed by atoms with van der Waals surface area (Å²) in [6, 6.07) is 7.08. The highest BCUT2D eigenvalue weighted by atomic mass is 32.2. The molecule has 8 heteroatoms. The van der Waals surface area contributed by atoms with E-state index < -0.39 is 9.84 Å². The maximum absolute atomic E-state index is 12.8. The molecule has 0 radical (unpaired) electrons. The van der Waals surface area contributed by atoms with E-state index in [9.17, 15) is 18.0 Å². The summed E-state index contributed by atoms with van der Waals surface area (Å²) in [6.45, 7) is 4.54. The molecule has 1 aliphatic carbocycles. The first-order chi connectivity index (χ1) is 14.8. The molecule has 2 amide bonds. The first-order valence-corrected chi connectivity index (χ1v) is 13.3. The molecule has 1 aromatic carbocycles. The van der Waals surface area contributed by atoms with Crippen LogP contribution in [0.2, 0.25) is 0 Å². The molecule has 0 bridgehead atoms. The van der Waals surface area contributed by atoms with Crippen LogP contribution < -0.4 is 10.2 Å². The maximum Gasteiger partial charge on any atom is 0.230 e. The highest BCUT2D eigenvalue weighted by Crippen LogP contribution is 2.39. The van der Waals surface area contributed by atoms with Crippen molar-refractivity contribution in [3.05, 3.63) is 45.6 Å². The molecule has 1 aliphatic heterocycles. The molecule has 1 fully saturated rings. The lowest BCUT2D eigenvalue weighted by Crippen LogP contribution is -2.36. The summed E-state index contributed by atoms with van der Waals surface area (Å²) in [6.07, 6.45) is 3.23. The number of sulfone groups is 1. The van der Waals surface area contributed by atoms with Crippen molar-refractivity contribution in [3.63, 3.8) is 0 Å². The van der Waals surface area contributed by atoms with Gasteiger partial charge in [0, 0.05) is 35.5 Å².